The first kappa shape index (κ1) is 20.6. The van der Waals surface area contributed by atoms with Gasteiger partial charge in [0.15, 0.2) is 12.3 Å². The van der Waals surface area contributed by atoms with Crippen LogP contribution in [0.4, 0.5) is 10.6 Å². The summed E-state index contributed by atoms with van der Waals surface area (Å²) < 4.78 is 6.51. The molecule has 2 aromatic heterocycles. The Morgan fingerprint density at radius 2 is 2.07 bits per heavy atom. The molecule has 3 aromatic rings. The van der Waals surface area contributed by atoms with Crippen LogP contribution in [-0.2, 0) is 23.2 Å². The molecular weight excluding hydrogens is 386 g/mol. The molecular formula is C20H21N7O3. The van der Waals surface area contributed by atoms with Crippen molar-refractivity contribution in [3.8, 4) is 0 Å². The molecule has 10 nitrogen and oxygen atoms in total. The minimum absolute atomic E-state index is 0.0860. The van der Waals surface area contributed by atoms with Crippen LogP contribution in [0.5, 0.6) is 0 Å². The van der Waals surface area contributed by atoms with Crippen LogP contribution < -0.4 is 5.32 Å². The highest BCUT2D eigenvalue weighted by molar-refractivity contribution is 6.10. The molecule has 0 aliphatic rings. The summed E-state index contributed by atoms with van der Waals surface area (Å²) in [4.78, 5) is 21.6. The molecule has 2 heterocycles. The van der Waals surface area contributed by atoms with Crippen LogP contribution >= 0.6 is 0 Å². The van der Waals surface area contributed by atoms with Gasteiger partial charge in [-0.2, -0.15) is 0 Å². The fraction of sp³-hybridized carbons (Fsp3) is 0.200. The van der Waals surface area contributed by atoms with E-state index < -0.39 is 6.09 Å². The van der Waals surface area contributed by atoms with E-state index in [-0.39, 0.29) is 13.2 Å². The summed E-state index contributed by atoms with van der Waals surface area (Å²) in [6.45, 7) is 3.92. The number of hydrogen-bond donors (Lipinski definition) is 1. The van der Waals surface area contributed by atoms with E-state index in [9.17, 15) is 4.79 Å². The summed E-state index contributed by atoms with van der Waals surface area (Å²) in [7, 11) is 1.72. The van der Waals surface area contributed by atoms with E-state index in [0.29, 0.717) is 29.5 Å². The first-order valence-corrected chi connectivity index (χ1v) is 9.16. The Kier molecular flexibility index (Phi) is 7.20. The molecule has 0 spiro atoms. The van der Waals surface area contributed by atoms with Gasteiger partial charge in [0.05, 0.1) is 12.3 Å². The van der Waals surface area contributed by atoms with Crippen molar-refractivity contribution in [2.24, 2.45) is 12.2 Å². The number of ether oxygens (including phenoxy) is 1. The lowest BCUT2D eigenvalue weighted by Gasteiger charge is -2.08. The molecule has 1 amide bonds. The van der Waals surface area contributed by atoms with Gasteiger partial charge in [-0.3, -0.25) is 5.32 Å². The largest absolute Gasteiger partial charge is 0.449 e. The van der Waals surface area contributed by atoms with E-state index >= 15 is 0 Å². The predicted octanol–water partition coefficient (Wildman–Crippen LogP) is 2.70. The number of aromatic nitrogens is 5. The predicted molar refractivity (Wildman–Crippen MR) is 110 cm³/mol. The average molecular weight is 407 g/mol. The summed E-state index contributed by atoms with van der Waals surface area (Å²) in [6.07, 6.45) is 1.67. The van der Waals surface area contributed by atoms with Crippen molar-refractivity contribution in [3.63, 3.8) is 0 Å². The maximum absolute atomic E-state index is 11.7. The zero-order valence-electron chi connectivity index (χ0n) is 16.4. The lowest BCUT2D eigenvalue weighted by molar-refractivity contribution is 0.128. The smallest absolute Gasteiger partial charge is 0.412 e. The number of oxime groups is 1. The molecule has 10 heteroatoms. The SMILES string of the molecule is C=CCCOC(=O)Nc1cccc(CO/N=C(/c2ccccc2)c2nnnn2C)n1. The summed E-state index contributed by atoms with van der Waals surface area (Å²) in [5.41, 5.74) is 1.87. The Morgan fingerprint density at radius 3 is 2.80 bits per heavy atom. The zero-order valence-corrected chi connectivity index (χ0v) is 16.4. The molecule has 0 unspecified atom stereocenters. The molecule has 3 rings (SSSR count). The van der Waals surface area contributed by atoms with Gasteiger partial charge in [-0.05, 0) is 29.0 Å². The number of nitrogens with one attached hydrogen (secondary N) is 1. The van der Waals surface area contributed by atoms with Crippen LogP contribution in [0.3, 0.4) is 0 Å². The third-order valence-corrected chi connectivity index (χ3v) is 3.84. The van der Waals surface area contributed by atoms with Gasteiger partial charge in [0.1, 0.15) is 5.82 Å². The summed E-state index contributed by atoms with van der Waals surface area (Å²) in [6, 6.07) is 14.6. The second-order valence-electron chi connectivity index (χ2n) is 6.06. The number of tetrazole rings is 1. The van der Waals surface area contributed by atoms with E-state index in [1.54, 1.807) is 31.3 Å². The lowest BCUT2D eigenvalue weighted by atomic mass is 10.1. The number of hydrogen-bond acceptors (Lipinski definition) is 8. The van der Waals surface area contributed by atoms with Crippen LogP contribution in [0.2, 0.25) is 0 Å². The number of nitrogens with zero attached hydrogens (tertiary/aromatic N) is 6. The normalized spacial score (nSPS) is 11.0. The van der Waals surface area contributed by atoms with Crippen LogP contribution in [0, 0.1) is 0 Å². The highest BCUT2D eigenvalue weighted by Crippen LogP contribution is 2.10. The van der Waals surface area contributed by atoms with E-state index in [1.165, 1.54) is 4.68 Å². The monoisotopic (exact) mass is 407 g/mol. The standard InChI is InChI=1S/C20H21N7O3/c1-3-4-13-29-20(28)22-17-12-8-11-16(21-17)14-30-24-18(15-9-6-5-7-10-15)19-23-25-26-27(19)2/h3,5-12H,1,4,13-14H2,2H3,(H,21,22,28)/b24-18-. The summed E-state index contributed by atoms with van der Waals surface area (Å²) in [5, 5.41) is 18.3. The van der Waals surface area contributed by atoms with Crippen molar-refractivity contribution in [3.05, 3.63) is 78.3 Å². The van der Waals surface area contributed by atoms with Gasteiger partial charge in [-0.1, -0.05) is 47.6 Å². The summed E-state index contributed by atoms with van der Waals surface area (Å²) >= 11 is 0. The van der Waals surface area contributed by atoms with Gasteiger partial charge < -0.3 is 9.57 Å². The van der Waals surface area contributed by atoms with E-state index in [2.05, 4.69) is 37.6 Å². The molecule has 1 N–H and O–H groups in total. The number of carbonyl (C=O) groups excluding carboxylic acids is 1. The average Bonchev–Trinajstić information content (AvgIpc) is 3.18. The zero-order chi connectivity index (χ0) is 21.2. The maximum Gasteiger partial charge on any atom is 0.412 e. The van der Waals surface area contributed by atoms with Gasteiger partial charge in [0.2, 0.25) is 5.82 Å². The fourth-order valence-electron chi connectivity index (χ4n) is 2.42. The highest BCUT2D eigenvalue weighted by Gasteiger charge is 2.14. The minimum Gasteiger partial charge on any atom is -0.449 e. The Bertz CT molecular complexity index is 1020. The fourth-order valence-corrected chi connectivity index (χ4v) is 2.42. The molecule has 0 atom stereocenters. The molecule has 30 heavy (non-hydrogen) atoms. The first-order valence-electron chi connectivity index (χ1n) is 9.16. The number of anilines is 1. The van der Waals surface area contributed by atoms with Crippen LogP contribution in [0.15, 0.2) is 66.3 Å². The number of aryl methyl sites for hydroxylation is 1. The van der Waals surface area contributed by atoms with Crippen LogP contribution in [0.1, 0.15) is 23.5 Å². The van der Waals surface area contributed by atoms with Gasteiger partial charge in [0, 0.05) is 12.6 Å². The third-order valence-electron chi connectivity index (χ3n) is 3.84. The Balaban J connectivity index is 1.67. The molecule has 0 saturated carbocycles. The van der Waals surface area contributed by atoms with Crippen molar-refractivity contribution in [2.45, 2.75) is 13.0 Å². The Morgan fingerprint density at radius 1 is 1.23 bits per heavy atom. The second-order valence-corrected chi connectivity index (χ2v) is 6.06. The molecule has 0 aliphatic carbocycles. The number of benzene rings is 1. The Labute approximate surface area is 173 Å². The first-order chi connectivity index (χ1) is 14.7. The number of rotatable bonds is 9. The van der Waals surface area contributed by atoms with E-state index in [4.69, 9.17) is 9.57 Å². The van der Waals surface area contributed by atoms with Gasteiger partial charge in [-0.15, -0.1) is 11.7 Å². The molecule has 0 fully saturated rings. The quantitative estimate of drug-likeness (QED) is 0.251. The van der Waals surface area contributed by atoms with Crippen molar-refractivity contribution in [1.82, 2.24) is 25.2 Å². The topological polar surface area (TPSA) is 116 Å². The number of amides is 1. The number of pyridine rings is 1. The third kappa shape index (κ3) is 5.71. The second kappa shape index (κ2) is 10.5. The molecule has 1 aromatic carbocycles. The molecule has 0 aliphatic heterocycles. The summed E-state index contributed by atoms with van der Waals surface area (Å²) in [5.74, 6) is 0.816. The van der Waals surface area contributed by atoms with Gasteiger partial charge in [-0.25, -0.2) is 14.5 Å². The molecule has 154 valence electrons. The minimum atomic E-state index is -0.582. The number of carbonyl (C=O) groups is 1. The molecule has 0 bridgehead atoms. The molecule has 0 radical (unpaired) electrons. The Hall–Kier alpha value is -4.08. The van der Waals surface area contributed by atoms with Crippen molar-refractivity contribution < 1.29 is 14.4 Å². The van der Waals surface area contributed by atoms with Crippen LogP contribution in [0.25, 0.3) is 0 Å². The van der Waals surface area contributed by atoms with E-state index in [1.807, 2.05) is 30.3 Å². The highest BCUT2D eigenvalue weighted by atomic mass is 16.6. The van der Waals surface area contributed by atoms with Crippen molar-refractivity contribution in [1.29, 1.82) is 0 Å². The van der Waals surface area contributed by atoms with Gasteiger partial charge >= 0.3 is 6.09 Å². The lowest BCUT2D eigenvalue weighted by Crippen LogP contribution is -2.15. The van der Waals surface area contributed by atoms with Gasteiger partial charge in [0.25, 0.3) is 0 Å². The van der Waals surface area contributed by atoms with E-state index in [0.717, 1.165) is 5.56 Å². The van der Waals surface area contributed by atoms with Crippen molar-refractivity contribution >= 4 is 17.6 Å². The molecule has 0 saturated heterocycles. The van der Waals surface area contributed by atoms with Crippen molar-refractivity contribution in [2.75, 3.05) is 11.9 Å². The maximum atomic E-state index is 11.7. The van der Waals surface area contributed by atoms with Crippen LogP contribution in [-0.4, -0.2) is 43.6 Å².